The number of rotatable bonds is 5. The third-order valence-electron chi connectivity index (χ3n) is 5.31. The van der Waals surface area contributed by atoms with E-state index in [9.17, 15) is 26.7 Å². The van der Waals surface area contributed by atoms with Gasteiger partial charge in [-0.2, -0.15) is 0 Å². The average molecular weight is 488 g/mol. The lowest BCUT2D eigenvalue weighted by atomic mass is 10.2. The molecule has 0 spiro atoms. The monoisotopic (exact) mass is 488 g/mol. The number of hydrogen-bond donors (Lipinski definition) is 0. The minimum atomic E-state index is -2.22. The third kappa shape index (κ3) is 3.52. The summed E-state index contributed by atoms with van der Waals surface area (Å²) < 4.78 is 71.8. The summed E-state index contributed by atoms with van der Waals surface area (Å²) in [5, 5.41) is 8.60. The van der Waals surface area contributed by atoms with Crippen LogP contribution in [-0.2, 0) is 12.3 Å². The Bertz CT molecular complexity index is 1590. The van der Waals surface area contributed by atoms with Gasteiger partial charge in [-0.1, -0.05) is 54.2 Å². The topological polar surface area (TPSA) is 52.2 Å². The molecule has 34 heavy (non-hydrogen) atoms. The first-order chi connectivity index (χ1) is 16.4. The largest absolute Gasteiger partial charge is 0.272 e. The zero-order valence-electron chi connectivity index (χ0n) is 17.1. The highest BCUT2D eigenvalue weighted by Gasteiger charge is 2.26. The van der Waals surface area contributed by atoms with Crippen molar-refractivity contribution < 1.29 is 22.0 Å². The zero-order valence-corrected chi connectivity index (χ0v) is 17.9. The maximum Gasteiger partial charge on any atom is 0.263 e. The molecule has 5 nitrogen and oxygen atoms in total. The van der Waals surface area contributed by atoms with Gasteiger partial charge in [0.25, 0.3) is 5.56 Å². The van der Waals surface area contributed by atoms with Crippen LogP contribution in [0.1, 0.15) is 11.1 Å². The SMILES string of the molecule is O=c1c2ccccc2n2c(SCc3c(F)c(F)c(F)c(F)c3F)nnc2n1Cc1ccccc1. The van der Waals surface area contributed by atoms with E-state index >= 15 is 0 Å². The van der Waals surface area contributed by atoms with Gasteiger partial charge in [0, 0.05) is 11.3 Å². The Labute approximate surface area is 192 Å². The molecule has 0 saturated heterocycles. The summed E-state index contributed by atoms with van der Waals surface area (Å²) in [6.07, 6.45) is 0. The molecule has 0 unspecified atom stereocenters. The molecule has 0 aliphatic carbocycles. The molecule has 172 valence electrons. The van der Waals surface area contributed by atoms with Crippen LogP contribution in [0.25, 0.3) is 16.7 Å². The molecule has 3 aromatic carbocycles. The maximum atomic E-state index is 14.1. The highest BCUT2D eigenvalue weighted by Crippen LogP contribution is 2.30. The first-order valence-corrected chi connectivity index (χ1v) is 10.9. The Hall–Kier alpha value is -3.73. The smallest absolute Gasteiger partial charge is 0.263 e. The molecule has 0 aliphatic heterocycles. The normalized spacial score (nSPS) is 11.6. The van der Waals surface area contributed by atoms with Crippen LogP contribution >= 0.6 is 11.8 Å². The van der Waals surface area contributed by atoms with E-state index in [2.05, 4.69) is 10.2 Å². The van der Waals surface area contributed by atoms with Crippen molar-refractivity contribution in [2.24, 2.45) is 0 Å². The molecule has 2 heterocycles. The standard InChI is InChI=1S/C23H13F5N4OS/c24-16-14(17(25)19(27)20(28)18(16)26)11-34-23-30-29-22-31(10-12-6-2-1-3-7-12)21(33)13-8-4-5-9-15(13)32(22)23/h1-9H,10-11H2. The van der Waals surface area contributed by atoms with Gasteiger partial charge in [0.05, 0.1) is 17.4 Å². The fourth-order valence-corrected chi connectivity index (χ4v) is 4.58. The molecule has 0 N–H and O–H groups in total. The summed E-state index contributed by atoms with van der Waals surface area (Å²) in [4.78, 5) is 13.2. The van der Waals surface area contributed by atoms with E-state index in [1.165, 1.54) is 8.97 Å². The summed E-state index contributed by atoms with van der Waals surface area (Å²) in [5.41, 5.74) is -0.00663. The predicted molar refractivity (Wildman–Crippen MR) is 116 cm³/mol. The molecule has 2 aromatic heterocycles. The zero-order chi connectivity index (χ0) is 24.0. The fraction of sp³-hybridized carbons (Fsp3) is 0.0870. The second-order valence-corrected chi connectivity index (χ2v) is 8.29. The first-order valence-electron chi connectivity index (χ1n) is 9.92. The van der Waals surface area contributed by atoms with Crippen LogP contribution < -0.4 is 5.56 Å². The van der Waals surface area contributed by atoms with Crippen LogP contribution in [0.15, 0.2) is 64.5 Å². The Morgan fingerprint density at radius 3 is 2.09 bits per heavy atom. The van der Waals surface area contributed by atoms with Gasteiger partial charge < -0.3 is 0 Å². The van der Waals surface area contributed by atoms with Crippen LogP contribution in [-0.4, -0.2) is 19.2 Å². The lowest BCUT2D eigenvalue weighted by molar-refractivity contribution is 0.372. The molecule has 11 heteroatoms. The highest BCUT2D eigenvalue weighted by atomic mass is 32.2. The summed E-state index contributed by atoms with van der Waals surface area (Å²) in [5.74, 6) is -10.5. The van der Waals surface area contributed by atoms with Crippen molar-refractivity contribution in [3.05, 3.63) is 105 Å². The van der Waals surface area contributed by atoms with E-state index in [4.69, 9.17) is 0 Å². The Balaban J connectivity index is 1.64. The number of nitrogens with zero attached hydrogens (tertiary/aromatic N) is 4. The van der Waals surface area contributed by atoms with Crippen LogP contribution in [0.4, 0.5) is 22.0 Å². The molecule has 0 radical (unpaired) electrons. The number of fused-ring (bicyclic) bond motifs is 3. The van der Waals surface area contributed by atoms with E-state index in [0.717, 1.165) is 17.3 Å². The highest BCUT2D eigenvalue weighted by molar-refractivity contribution is 7.98. The predicted octanol–water partition coefficient (Wildman–Crippen LogP) is 5.08. The van der Waals surface area contributed by atoms with Crippen LogP contribution in [0.5, 0.6) is 0 Å². The van der Waals surface area contributed by atoms with Crippen molar-refractivity contribution in [3.63, 3.8) is 0 Å². The summed E-state index contributed by atoms with van der Waals surface area (Å²) in [7, 11) is 0. The first kappa shape index (κ1) is 22.1. The van der Waals surface area contributed by atoms with E-state index in [1.807, 2.05) is 30.3 Å². The van der Waals surface area contributed by atoms with Gasteiger partial charge in [-0.3, -0.25) is 13.8 Å². The minimum absolute atomic E-state index is 0.122. The van der Waals surface area contributed by atoms with Gasteiger partial charge >= 0.3 is 0 Å². The van der Waals surface area contributed by atoms with E-state index in [1.54, 1.807) is 24.3 Å². The maximum absolute atomic E-state index is 14.1. The van der Waals surface area contributed by atoms with Gasteiger partial charge in [-0.25, -0.2) is 22.0 Å². The molecule has 0 amide bonds. The number of hydrogen-bond acceptors (Lipinski definition) is 4. The Morgan fingerprint density at radius 1 is 0.765 bits per heavy atom. The van der Waals surface area contributed by atoms with E-state index in [0.29, 0.717) is 10.9 Å². The molecule has 0 saturated carbocycles. The minimum Gasteiger partial charge on any atom is -0.272 e. The Morgan fingerprint density at radius 2 is 1.38 bits per heavy atom. The second kappa shape index (κ2) is 8.56. The number of aromatic nitrogens is 4. The van der Waals surface area contributed by atoms with Gasteiger partial charge in [0.2, 0.25) is 11.6 Å². The van der Waals surface area contributed by atoms with Crippen LogP contribution in [0, 0.1) is 29.1 Å². The summed E-state index contributed by atoms with van der Waals surface area (Å²) in [6, 6.07) is 15.8. The molecule has 0 aliphatic rings. The van der Waals surface area contributed by atoms with Crippen LogP contribution in [0.3, 0.4) is 0 Å². The van der Waals surface area contributed by atoms with Gasteiger partial charge in [0.1, 0.15) is 0 Å². The average Bonchev–Trinajstić information content (AvgIpc) is 3.28. The van der Waals surface area contributed by atoms with Gasteiger partial charge in [-0.05, 0) is 17.7 Å². The summed E-state index contributed by atoms with van der Waals surface area (Å²) in [6.45, 7) is 0.189. The number of para-hydroxylation sites is 1. The lowest BCUT2D eigenvalue weighted by Crippen LogP contribution is -2.24. The molecule has 5 aromatic rings. The van der Waals surface area contributed by atoms with Gasteiger partial charge in [-0.15, -0.1) is 10.2 Å². The molecule has 0 bridgehead atoms. The number of benzene rings is 3. The number of halogens is 5. The van der Waals surface area contributed by atoms with Crippen molar-refractivity contribution in [2.75, 3.05) is 0 Å². The third-order valence-corrected chi connectivity index (χ3v) is 6.26. The summed E-state index contributed by atoms with van der Waals surface area (Å²) >= 11 is 0.735. The van der Waals surface area contributed by atoms with Crippen molar-refractivity contribution in [2.45, 2.75) is 17.5 Å². The molecular weight excluding hydrogens is 475 g/mol. The quantitative estimate of drug-likeness (QED) is 0.150. The second-order valence-electron chi connectivity index (χ2n) is 7.35. The Kier molecular flexibility index (Phi) is 5.56. The lowest BCUT2D eigenvalue weighted by Gasteiger charge is -2.12. The number of thioether (sulfide) groups is 1. The van der Waals surface area contributed by atoms with Crippen molar-refractivity contribution >= 4 is 28.4 Å². The van der Waals surface area contributed by atoms with E-state index in [-0.39, 0.29) is 23.0 Å². The van der Waals surface area contributed by atoms with Crippen molar-refractivity contribution in [1.82, 2.24) is 19.2 Å². The van der Waals surface area contributed by atoms with Crippen LogP contribution in [0.2, 0.25) is 0 Å². The van der Waals surface area contributed by atoms with Gasteiger partial charge in [0.15, 0.2) is 28.4 Å². The molecule has 0 fully saturated rings. The molecule has 5 rings (SSSR count). The van der Waals surface area contributed by atoms with Crippen molar-refractivity contribution in [1.29, 1.82) is 0 Å². The molecule has 0 atom stereocenters. The van der Waals surface area contributed by atoms with Crippen molar-refractivity contribution in [3.8, 4) is 0 Å². The molecular formula is C23H13F5N4OS. The fourth-order valence-electron chi connectivity index (χ4n) is 3.65. The van der Waals surface area contributed by atoms with E-state index < -0.39 is 40.4 Å².